The number of hydrogen-bond donors (Lipinski definition) is 2. The third-order valence-corrected chi connectivity index (χ3v) is 5.77. The quantitative estimate of drug-likeness (QED) is 0.263. The van der Waals surface area contributed by atoms with Crippen LogP contribution in [0.25, 0.3) is 22.3 Å². The molecule has 2 N–H and O–H groups in total. The molecule has 0 radical (unpaired) electrons. The fraction of sp³-hybridized carbons (Fsp3) is 0.133. The Morgan fingerprint density at radius 3 is 1.36 bits per heavy atom. The van der Waals surface area contributed by atoms with Crippen molar-refractivity contribution >= 4 is 11.9 Å². The van der Waals surface area contributed by atoms with Crippen LogP contribution in [0, 0.1) is 0 Å². The van der Waals surface area contributed by atoms with Crippen molar-refractivity contribution < 1.29 is 29.3 Å². The Kier molecular flexibility index (Phi) is 7.66. The maximum absolute atomic E-state index is 11.0. The second-order valence-corrected chi connectivity index (χ2v) is 8.38. The molecule has 6 nitrogen and oxygen atoms in total. The molecule has 0 fully saturated rings. The Bertz CT molecular complexity index is 1310. The topological polar surface area (TPSA) is 93.1 Å². The zero-order valence-corrected chi connectivity index (χ0v) is 19.8. The highest BCUT2D eigenvalue weighted by Crippen LogP contribution is 2.25. The van der Waals surface area contributed by atoms with Crippen LogP contribution in [0.2, 0.25) is 0 Å². The molecule has 4 aromatic rings. The van der Waals surface area contributed by atoms with E-state index in [1.165, 1.54) is 0 Å². The van der Waals surface area contributed by atoms with Gasteiger partial charge in [0.2, 0.25) is 0 Å². The number of hydrogen-bond acceptors (Lipinski definition) is 4. The van der Waals surface area contributed by atoms with Crippen LogP contribution >= 0.6 is 0 Å². The van der Waals surface area contributed by atoms with Crippen LogP contribution in [-0.4, -0.2) is 34.9 Å². The van der Waals surface area contributed by atoms with E-state index in [0.717, 1.165) is 33.8 Å². The van der Waals surface area contributed by atoms with Gasteiger partial charge in [-0.1, -0.05) is 48.5 Å². The van der Waals surface area contributed by atoms with Gasteiger partial charge >= 0.3 is 11.9 Å². The maximum atomic E-state index is 11.0. The second kappa shape index (κ2) is 11.2. The lowest BCUT2D eigenvalue weighted by Crippen LogP contribution is -2.15. The van der Waals surface area contributed by atoms with Gasteiger partial charge in [0.25, 0.3) is 0 Å². The smallest absolute Gasteiger partial charge is 0.335 e. The molecule has 1 unspecified atom stereocenters. The lowest BCUT2D eigenvalue weighted by atomic mass is 10.0. The van der Waals surface area contributed by atoms with Crippen molar-refractivity contribution in [1.82, 2.24) is 0 Å². The molecule has 0 aliphatic carbocycles. The predicted octanol–water partition coefficient (Wildman–Crippen LogP) is 6.65. The van der Waals surface area contributed by atoms with Crippen LogP contribution in [0.15, 0.2) is 97.1 Å². The van der Waals surface area contributed by atoms with E-state index in [1.807, 2.05) is 55.5 Å². The predicted molar refractivity (Wildman–Crippen MR) is 138 cm³/mol. The standard InChI is InChI=1S/C30H26O6/c1-20(36-28-16-12-24(13-17-28)22-4-8-26(9-5-22)30(33)34)18-19-35-27-14-10-23(11-15-27)21-2-6-25(7-3-21)29(31)32/h2-17,20H,18-19H2,1H3,(H,31,32)(H,33,34). The van der Waals surface area contributed by atoms with Gasteiger partial charge in [0.05, 0.1) is 23.8 Å². The van der Waals surface area contributed by atoms with E-state index >= 15 is 0 Å². The molecular weight excluding hydrogens is 456 g/mol. The molecule has 0 saturated heterocycles. The number of ether oxygens (including phenoxy) is 2. The zero-order valence-electron chi connectivity index (χ0n) is 19.8. The van der Waals surface area contributed by atoms with Gasteiger partial charge < -0.3 is 19.7 Å². The van der Waals surface area contributed by atoms with Crippen molar-refractivity contribution in [3.8, 4) is 33.8 Å². The summed E-state index contributed by atoms with van der Waals surface area (Å²) in [5.74, 6) is -0.367. The fourth-order valence-corrected chi connectivity index (χ4v) is 3.71. The minimum Gasteiger partial charge on any atom is -0.493 e. The Morgan fingerprint density at radius 1 is 0.611 bits per heavy atom. The van der Waals surface area contributed by atoms with Crippen LogP contribution in [0.1, 0.15) is 34.1 Å². The summed E-state index contributed by atoms with van der Waals surface area (Å²) in [5.41, 5.74) is 4.37. The first-order valence-corrected chi connectivity index (χ1v) is 11.6. The normalized spacial score (nSPS) is 11.5. The van der Waals surface area contributed by atoms with Gasteiger partial charge in [0.1, 0.15) is 11.5 Å². The summed E-state index contributed by atoms with van der Waals surface area (Å²) in [6.07, 6.45) is 0.661. The highest BCUT2D eigenvalue weighted by atomic mass is 16.5. The van der Waals surface area contributed by atoms with Crippen molar-refractivity contribution in [3.63, 3.8) is 0 Å². The number of benzene rings is 4. The summed E-state index contributed by atoms with van der Waals surface area (Å²) in [4.78, 5) is 22.0. The lowest BCUT2D eigenvalue weighted by Gasteiger charge is -2.16. The largest absolute Gasteiger partial charge is 0.493 e. The summed E-state index contributed by atoms with van der Waals surface area (Å²) in [6, 6.07) is 28.9. The monoisotopic (exact) mass is 482 g/mol. The molecule has 0 amide bonds. The van der Waals surface area contributed by atoms with E-state index in [2.05, 4.69) is 0 Å². The summed E-state index contributed by atoms with van der Waals surface area (Å²) in [6.45, 7) is 2.49. The van der Waals surface area contributed by atoms with Gasteiger partial charge in [0.15, 0.2) is 0 Å². The van der Waals surface area contributed by atoms with E-state index in [9.17, 15) is 9.59 Å². The van der Waals surface area contributed by atoms with Crippen LogP contribution in [0.5, 0.6) is 11.5 Å². The minimum absolute atomic E-state index is 0.0438. The summed E-state index contributed by atoms with van der Waals surface area (Å²) >= 11 is 0. The van der Waals surface area contributed by atoms with E-state index in [4.69, 9.17) is 19.7 Å². The molecule has 36 heavy (non-hydrogen) atoms. The van der Waals surface area contributed by atoms with E-state index in [-0.39, 0.29) is 17.2 Å². The highest BCUT2D eigenvalue weighted by Gasteiger charge is 2.08. The molecule has 4 rings (SSSR count). The Labute approximate surface area is 209 Å². The zero-order chi connectivity index (χ0) is 25.5. The lowest BCUT2D eigenvalue weighted by molar-refractivity contribution is 0.0686. The van der Waals surface area contributed by atoms with Crippen LogP contribution in [-0.2, 0) is 0 Å². The first kappa shape index (κ1) is 24.5. The first-order chi connectivity index (χ1) is 17.4. The summed E-state index contributed by atoms with van der Waals surface area (Å²) in [5, 5.41) is 18.0. The number of rotatable bonds is 10. The molecule has 0 bridgehead atoms. The molecule has 0 aliphatic rings. The van der Waals surface area contributed by atoms with Gasteiger partial charge in [-0.15, -0.1) is 0 Å². The molecule has 0 spiro atoms. The molecule has 182 valence electrons. The number of carboxylic acid groups (broad SMARTS) is 2. The van der Waals surface area contributed by atoms with Gasteiger partial charge in [-0.3, -0.25) is 0 Å². The van der Waals surface area contributed by atoms with Crippen molar-refractivity contribution in [2.45, 2.75) is 19.4 Å². The number of aromatic carboxylic acids is 2. The van der Waals surface area contributed by atoms with Crippen LogP contribution in [0.4, 0.5) is 0 Å². The number of carboxylic acids is 2. The molecule has 1 atom stereocenters. The molecule has 0 heterocycles. The number of carbonyl (C=O) groups is 2. The Morgan fingerprint density at radius 2 is 0.972 bits per heavy atom. The maximum Gasteiger partial charge on any atom is 0.335 e. The van der Waals surface area contributed by atoms with Gasteiger partial charge in [-0.05, 0) is 77.7 Å². The summed E-state index contributed by atoms with van der Waals surface area (Å²) in [7, 11) is 0. The van der Waals surface area contributed by atoms with Gasteiger partial charge in [-0.2, -0.15) is 0 Å². The molecule has 4 aromatic carbocycles. The van der Waals surface area contributed by atoms with Crippen LogP contribution in [0.3, 0.4) is 0 Å². The summed E-state index contributed by atoms with van der Waals surface area (Å²) < 4.78 is 11.9. The van der Waals surface area contributed by atoms with Crippen molar-refractivity contribution in [2.75, 3.05) is 6.61 Å². The van der Waals surface area contributed by atoms with Crippen molar-refractivity contribution in [3.05, 3.63) is 108 Å². The second-order valence-electron chi connectivity index (χ2n) is 8.38. The van der Waals surface area contributed by atoms with E-state index in [0.29, 0.717) is 13.0 Å². The first-order valence-electron chi connectivity index (χ1n) is 11.6. The third kappa shape index (κ3) is 6.30. The van der Waals surface area contributed by atoms with Gasteiger partial charge in [-0.25, -0.2) is 9.59 Å². The fourth-order valence-electron chi connectivity index (χ4n) is 3.71. The minimum atomic E-state index is -0.940. The van der Waals surface area contributed by atoms with Crippen molar-refractivity contribution in [2.24, 2.45) is 0 Å². The molecule has 0 saturated carbocycles. The van der Waals surface area contributed by atoms with E-state index in [1.54, 1.807) is 48.5 Å². The average Bonchev–Trinajstić information content (AvgIpc) is 2.89. The molecule has 0 aliphatic heterocycles. The molecule has 6 heteroatoms. The van der Waals surface area contributed by atoms with Crippen LogP contribution < -0.4 is 9.47 Å². The molecule has 0 aromatic heterocycles. The average molecular weight is 483 g/mol. The SMILES string of the molecule is CC(CCOc1ccc(-c2ccc(C(=O)O)cc2)cc1)Oc1ccc(-c2ccc(C(=O)O)cc2)cc1. The highest BCUT2D eigenvalue weighted by molar-refractivity contribution is 5.89. The molecular formula is C30H26O6. The van der Waals surface area contributed by atoms with Crippen molar-refractivity contribution in [1.29, 1.82) is 0 Å². The Balaban J connectivity index is 1.24. The van der Waals surface area contributed by atoms with Gasteiger partial charge in [0, 0.05) is 6.42 Å². The third-order valence-electron chi connectivity index (χ3n) is 5.77. The van der Waals surface area contributed by atoms with E-state index < -0.39 is 11.9 Å². The Hall–Kier alpha value is -4.58.